The van der Waals surface area contributed by atoms with Crippen molar-refractivity contribution in [2.24, 2.45) is 0 Å². The minimum absolute atomic E-state index is 0.453. The van der Waals surface area contributed by atoms with Crippen molar-refractivity contribution < 1.29 is 0 Å². The maximum atomic E-state index is 6.24. The summed E-state index contributed by atoms with van der Waals surface area (Å²) in [5.41, 5.74) is 1.64. The van der Waals surface area contributed by atoms with Gasteiger partial charge in [0.25, 0.3) is 0 Å². The van der Waals surface area contributed by atoms with Gasteiger partial charge in [0, 0.05) is 10.9 Å². The first-order valence-corrected chi connectivity index (χ1v) is 8.41. The Bertz CT molecular complexity index is 1030. The molecule has 0 bridgehead atoms. The molecule has 0 unspecified atom stereocenters. The zero-order valence-corrected chi connectivity index (χ0v) is 14.5. The van der Waals surface area contributed by atoms with Crippen LogP contribution < -0.4 is 5.32 Å². The molecule has 0 aliphatic carbocycles. The van der Waals surface area contributed by atoms with E-state index in [1.54, 1.807) is 6.07 Å². The number of aromatic nitrogens is 4. The van der Waals surface area contributed by atoms with E-state index in [-0.39, 0.29) is 0 Å². The fourth-order valence-corrected chi connectivity index (χ4v) is 2.86. The molecule has 25 heavy (non-hydrogen) atoms. The monoisotopic (exact) mass is 369 g/mol. The van der Waals surface area contributed by atoms with Crippen molar-refractivity contribution >= 4 is 39.9 Å². The Kier molecular flexibility index (Phi) is 4.26. The van der Waals surface area contributed by atoms with Gasteiger partial charge in [-0.2, -0.15) is 5.10 Å². The predicted molar refractivity (Wildman–Crippen MR) is 101 cm³/mol. The summed E-state index contributed by atoms with van der Waals surface area (Å²) in [5, 5.41) is 12.3. The van der Waals surface area contributed by atoms with Gasteiger partial charge in [0.05, 0.1) is 22.1 Å². The van der Waals surface area contributed by atoms with Crippen molar-refractivity contribution in [3.05, 3.63) is 70.5 Å². The maximum Gasteiger partial charge on any atom is 0.181 e. The standard InChI is InChI=1S/C18H13Cl2N5/c19-13-8-6-11-7-9-14(22-17(11)16(13)20)21-10-15-23-18(25-24-15)12-4-2-1-3-5-12/h1-9H,10H2,(H,21,22)(H,23,24,25). The molecule has 0 amide bonds. The molecule has 2 aromatic heterocycles. The molecule has 2 heterocycles. The molecule has 0 aliphatic heterocycles. The minimum atomic E-state index is 0.453. The minimum Gasteiger partial charge on any atom is -0.363 e. The molecule has 2 aromatic carbocycles. The molecule has 0 aliphatic rings. The Balaban J connectivity index is 1.53. The highest BCUT2D eigenvalue weighted by Crippen LogP contribution is 2.30. The second kappa shape index (κ2) is 6.70. The van der Waals surface area contributed by atoms with Crippen LogP contribution in [0.25, 0.3) is 22.3 Å². The number of pyridine rings is 1. The zero-order valence-electron chi connectivity index (χ0n) is 13.0. The van der Waals surface area contributed by atoms with Crippen molar-refractivity contribution in [1.29, 1.82) is 0 Å². The molecule has 0 fully saturated rings. The summed E-state index contributed by atoms with van der Waals surface area (Å²) >= 11 is 12.3. The van der Waals surface area contributed by atoms with Gasteiger partial charge in [-0.25, -0.2) is 9.97 Å². The van der Waals surface area contributed by atoms with Crippen LogP contribution in [0.1, 0.15) is 5.82 Å². The molecule has 0 radical (unpaired) electrons. The molecule has 5 nitrogen and oxygen atoms in total. The molecule has 0 atom stereocenters. The number of benzene rings is 2. The van der Waals surface area contributed by atoms with E-state index in [0.717, 1.165) is 16.8 Å². The molecule has 0 saturated carbocycles. The number of nitrogens with zero attached hydrogens (tertiary/aromatic N) is 3. The quantitative estimate of drug-likeness (QED) is 0.534. The first-order valence-electron chi connectivity index (χ1n) is 7.66. The molecule has 2 N–H and O–H groups in total. The number of anilines is 1. The predicted octanol–water partition coefficient (Wildman–Crippen LogP) is 4.94. The number of fused-ring (bicyclic) bond motifs is 1. The average molecular weight is 370 g/mol. The Hall–Kier alpha value is -2.63. The SMILES string of the molecule is Clc1ccc2ccc(NCc3nc(-c4ccccc4)n[nH]3)nc2c1Cl. The fraction of sp³-hybridized carbons (Fsp3) is 0.0556. The Morgan fingerprint density at radius 2 is 1.72 bits per heavy atom. The largest absolute Gasteiger partial charge is 0.363 e. The summed E-state index contributed by atoms with van der Waals surface area (Å²) in [6.45, 7) is 0.469. The molecular weight excluding hydrogens is 357 g/mol. The van der Waals surface area contributed by atoms with Gasteiger partial charge in [0.15, 0.2) is 5.82 Å². The molecule has 4 rings (SSSR count). The highest BCUT2D eigenvalue weighted by Gasteiger charge is 2.08. The second-order valence-electron chi connectivity index (χ2n) is 5.45. The molecule has 0 spiro atoms. The van der Waals surface area contributed by atoms with E-state index < -0.39 is 0 Å². The van der Waals surface area contributed by atoms with Crippen LogP contribution in [0.15, 0.2) is 54.6 Å². The van der Waals surface area contributed by atoms with Crippen LogP contribution >= 0.6 is 23.2 Å². The normalized spacial score (nSPS) is 11.0. The van der Waals surface area contributed by atoms with E-state index in [0.29, 0.717) is 33.7 Å². The third-order valence-corrected chi connectivity index (χ3v) is 4.55. The average Bonchev–Trinajstić information content (AvgIpc) is 3.13. The third kappa shape index (κ3) is 3.29. The summed E-state index contributed by atoms with van der Waals surface area (Å²) < 4.78 is 0. The van der Waals surface area contributed by atoms with Crippen LogP contribution in [-0.4, -0.2) is 20.2 Å². The molecule has 124 valence electrons. The molecular formula is C18H13Cl2N5. The topological polar surface area (TPSA) is 66.5 Å². The van der Waals surface area contributed by atoms with E-state index in [9.17, 15) is 0 Å². The van der Waals surface area contributed by atoms with Gasteiger partial charge in [-0.3, -0.25) is 5.10 Å². The summed E-state index contributed by atoms with van der Waals surface area (Å²) in [7, 11) is 0. The van der Waals surface area contributed by atoms with Crippen molar-refractivity contribution in [1.82, 2.24) is 20.2 Å². The van der Waals surface area contributed by atoms with E-state index in [2.05, 4.69) is 25.5 Å². The lowest BCUT2D eigenvalue weighted by Crippen LogP contribution is -2.03. The lowest BCUT2D eigenvalue weighted by Gasteiger charge is -2.06. The second-order valence-corrected chi connectivity index (χ2v) is 6.24. The van der Waals surface area contributed by atoms with Gasteiger partial charge >= 0.3 is 0 Å². The van der Waals surface area contributed by atoms with Gasteiger partial charge in [-0.15, -0.1) is 0 Å². The van der Waals surface area contributed by atoms with Crippen LogP contribution in [0.2, 0.25) is 10.0 Å². The van der Waals surface area contributed by atoms with Crippen LogP contribution in [0.4, 0.5) is 5.82 Å². The highest BCUT2D eigenvalue weighted by molar-refractivity contribution is 6.45. The summed E-state index contributed by atoms with van der Waals surface area (Å²) in [4.78, 5) is 9.01. The number of hydrogen-bond donors (Lipinski definition) is 2. The lowest BCUT2D eigenvalue weighted by molar-refractivity contribution is 0.949. The number of halogens is 2. The van der Waals surface area contributed by atoms with E-state index in [1.165, 1.54) is 0 Å². The number of hydrogen-bond acceptors (Lipinski definition) is 4. The Morgan fingerprint density at radius 1 is 0.920 bits per heavy atom. The molecule has 7 heteroatoms. The van der Waals surface area contributed by atoms with Crippen LogP contribution in [-0.2, 0) is 6.54 Å². The summed E-state index contributed by atoms with van der Waals surface area (Å²) in [5.74, 6) is 2.07. The fourth-order valence-electron chi connectivity index (χ4n) is 2.49. The van der Waals surface area contributed by atoms with Crippen molar-refractivity contribution in [2.75, 3.05) is 5.32 Å². The van der Waals surface area contributed by atoms with Gasteiger partial charge < -0.3 is 5.32 Å². The van der Waals surface area contributed by atoms with Crippen LogP contribution in [0.5, 0.6) is 0 Å². The van der Waals surface area contributed by atoms with E-state index in [1.807, 2.05) is 48.5 Å². The van der Waals surface area contributed by atoms with Gasteiger partial charge in [-0.1, -0.05) is 59.6 Å². The number of aromatic amines is 1. The van der Waals surface area contributed by atoms with Gasteiger partial charge in [0.2, 0.25) is 0 Å². The first-order chi connectivity index (χ1) is 12.2. The van der Waals surface area contributed by atoms with Crippen molar-refractivity contribution in [3.8, 4) is 11.4 Å². The van der Waals surface area contributed by atoms with Crippen molar-refractivity contribution in [2.45, 2.75) is 6.54 Å². The van der Waals surface area contributed by atoms with E-state index >= 15 is 0 Å². The zero-order chi connectivity index (χ0) is 17.2. The number of H-pyrrole nitrogens is 1. The Labute approximate surface area is 154 Å². The summed E-state index contributed by atoms with van der Waals surface area (Å²) in [6.07, 6.45) is 0. The highest BCUT2D eigenvalue weighted by atomic mass is 35.5. The van der Waals surface area contributed by atoms with Gasteiger partial charge in [-0.05, 0) is 18.2 Å². The Morgan fingerprint density at radius 3 is 2.56 bits per heavy atom. The first kappa shape index (κ1) is 15.9. The lowest BCUT2D eigenvalue weighted by atomic mass is 10.2. The maximum absolute atomic E-state index is 6.24. The smallest absolute Gasteiger partial charge is 0.181 e. The number of nitrogens with one attached hydrogen (secondary N) is 2. The third-order valence-electron chi connectivity index (χ3n) is 3.75. The van der Waals surface area contributed by atoms with Crippen molar-refractivity contribution in [3.63, 3.8) is 0 Å². The van der Waals surface area contributed by atoms with Crippen LogP contribution in [0.3, 0.4) is 0 Å². The summed E-state index contributed by atoms with van der Waals surface area (Å²) in [6, 6.07) is 17.3. The van der Waals surface area contributed by atoms with E-state index in [4.69, 9.17) is 23.2 Å². The van der Waals surface area contributed by atoms with Gasteiger partial charge in [0.1, 0.15) is 11.6 Å². The van der Waals surface area contributed by atoms with Crippen LogP contribution in [0, 0.1) is 0 Å². The molecule has 4 aromatic rings. The number of rotatable bonds is 4. The molecule has 0 saturated heterocycles.